The van der Waals surface area contributed by atoms with Gasteiger partial charge in [-0.3, -0.25) is 4.79 Å². The van der Waals surface area contributed by atoms with Gasteiger partial charge in [-0.1, -0.05) is 12.1 Å². The predicted octanol–water partition coefficient (Wildman–Crippen LogP) is 6.14. The van der Waals surface area contributed by atoms with Crippen molar-refractivity contribution in [2.24, 2.45) is 17.8 Å². The molecule has 0 unspecified atom stereocenters. The first-order chi connectivity index (χ1) is 14.9. The van der Waals surface area contributed by atoms with Crippen molar-refractivity contribution in [3.8, 4) is 5.75 Å². The molecule has 2 bridgehead atoms. The maximum Gasteiger partial charge on any atom is 0.416 e. The van der Waals surface area contributed by atoms with Gasteiger partial charge in [0.25, 0.3) is 0 Å². The molecule has 3 aromatic rings. The molecule has 1 amide bonds. The quantitative estimate of drug-likeness (QED) is 0.513. The molecule has 3 aliphatic carbocycles. The van der Waals surface area contributed by atoms with Gasteiger partial charge < -0.3 is 15.0 Å². The Kier molecular flexibility index (Phi) is 4.91. The number of nitrogens with one attached hydrogen (secondary N) is 2. The number of aromatic amines is 1. The Morgan fingerprint density at radius 3 is 2.55 bits per heavy atom. The largest absolute Gasteiger partial charge is 0.489 e. The number of amides is 1. The summed E-state index contributed by atoms with van der Waals surface area (Å²) in [4.78, 5) is 16.0. The second-order valence-electron chi connectivity index (χ2n) is 8.66. The minimum absolute atomic E-state index is 0.0834. The summed E-state index contributed by atoms with van der Waals surface area (Å²) in [5.74, 6) is 2.11. The Morgan fingerprint density at radius 2 is 1.87 bits per heavy atom. The van der Waals surface area contributed by atoms with Gasteiger partial charge in [0.2, 0.25) is 5.91 Å². The summed E-state index contributed by atoms with van der Waals surface area (Å²) >= 11 is 0. The number of benzene rings is 2. The average molecular weight is 428 g/mol. The molecule has 1 aromatic heterocycles. The molecule has 7 heteroatoms. The minimum Gasteiger partial charge on any atom is -0.489 e. The molecule has 0 saturated heterocycles. The number of aromatic nitrogens is 1. The van der Waals surface area contributed by atoms with Crippen molar-refractivity contribution in [3.05, 3.63) is 59.8 Å². The Bertz CT molecular complexity index is 1100. The van der Waals surface area contributed by atoms with E-state index >= 15 is 0 Å². The number of hydrogen-bond donors (Lipinski definition) is 2. The molecule has 0 radical (unpaired) electrons. The van der Waals surface area contributed by atoms with Gasteiger partial charge in [0.1, 0.15) is 12.4 Å². The molecule has 2 aromatic carbocycles. The van der Waals surface area contributed by atoms with Crippen molar-refractivity contribution in [1.82, 2.24) is 4.98 Å². The lowest BCUT2D eigenvalue weighted by Crippen LogP contribution is -2.42. The van der Waals surface area contributed by atoms with Crippen LogP contribution in [0.2, 0.25) is 0 Å². The molecule has 1 heterocycles. The van der Waals surface area contributed by atoms with Gasteiger partial charge in [-0.15, -0.1) is 0 Å². The summed E-state index contributed by atoms with van der Waals surface area (Å²) in [6.45, 7) is 0.153. The van der Waals surface area contributed by atoms with Crippen LogP contribution in [0.25, 0.3) is 10.9 Å². The Balaban J connectivity index is 1.27. The van der Waals surface area contributed by atoms with E-state index in [0.717, 1.165) is 47.5 Å². The summed E-state index contributed by atoms with van der Waals surface area (Å²) in [5.41, 5.74) is 1.57. The number of rotatable bonds is 5. The SMILES string of the molecule is O=C(Nc1c[nH]c2ccc(OCc3ccc(C(F)(F)F)cc3)cc12)[C@@H]1CCC2CC1C2. The Labute approximate surface area is 177 Å². The third kappa shape index (κ3) is 4.01. The highest BCUT2D eigenvalue weighted by atomic mass is 19.4. The molecule has 3 saturated carbocycles. The standard InChI is InChI=1S/C24H23F3N2O2/c25-24(26,27)17-4-1-14(2-5-17)13-31-18-6-8-21-20(11-18)22(12-28-21)29-23(30)19-7-3-15-9-16(19)10-15/h1-2,4-6,8,11-12,15-16,19,28H,3,7,9-10,13H2,(H,29,30)/t15?,16?,19-/m1/s1. The number of anilines is 1. The Morgan fingerprint density at radius 1 is 1.10 bits per heavy atom. The van der Waals surface area contributed by atoms with Crippen LogP contribution in [0.15, 0.2) is 48.7 Å². The molecule has 2 N–H and O–H groups in total. The second-order valence-corrected chi connectivity index (χ2v) is 8.66. The molecular weight excluding hydrogens is 405 g/mol. The van der Waals surface area contributed by atoms with E-state index in [1.807, 2.05) is 12.1 Å². The fraction of sp³-hybridized carbons (Fsp3) is 0.375. The monoisotopic (exact) mass is 428 g/mol. The van der Waals surface area contributed by atoms with Gasteiger partial charge in [-0.2, -0.15) is 13.2 Å². The number of fused-ring (bicyclic) bond motifs is 3. The fourth-order valence-electron chi connectivity index (χ4n) is 4.82. The van der Waals surface area contributed by atoms with E-state index in [1.165, 1.54) is 25.0 Å². The predicted molar refractivity (Wildman–Crippen MR) is 112 cm³/mol. The molecule has 6 rings (SSSR count). The highest BCUT2D eigenvalue weighted by molar-refractivity contribution is 6.02. The molecule has 3 aliphatic rings. The van der Waals surface area contributed by atoms with Crippen molar-refractivity contribution in [2.45, 2.75) is 38.5 Å². The molecule has 162 valence electrons. The molecule has 3 fully saturated rings. The number of H-pyrrole nitrogens is 1. The van der Waals surface area contributed by atoms with Crippen LogP contribution in [0, 0.1) is 17.8 Å². The fourth-order valence-corrected chi connectivity index (χ4v) is 4.82. The Hall–Kier alpha value is -2.96. The number of carbonyl (C=O) groups is 1. The first kappa shape index (κ1) is 20.0. The van der Waals surface area contributed by atoms with Crippen LogP contribution in [0.3, 0.4) is 0 Å². The molecule has 0 spiro atoms. The number of halogens is 3. The lowest BCUT2D eigenvalue weighted by Gasteiger charge is -2.45. The average Bonchev–Trinajstić information content (AvgIpc) is 3.13. The highest BCUT2D eigenvalue weighted by Crippen LogP contribution is 2.49. The van der Waals surface area contributed by atoms with E-state index in [2.05, 4.69) is 10.3 Å². The van der Waals surface area contributed by atoms with Gasteiger partial charge in [-0.05, 0) is 73.4 Å². The van der Waals surface area contributed by atoms with Crippen LogP contribution < -0.4 is 10.1 Å². The number of ether oxygens (including phenoxy) is 1. The zero-order chi connectivity index (χ0) is 21.6. The van der Waals surface area contributed by atoms with E-state index in [0.29, 0.717) is 17.2 Å². The van der Waals surface area contributed by atoms with Crippen LogP contribution >= 0.6 is 0 Å². The van der Waals surface area contributed by atoms with Gasteiger partial charge in [0, 0.05) is 23.0 Å². The van der Waals surface area contributed by atoms with E-state index in [9.17, 15) is 18.0 Å². The van der Waals surface area contributed by atoms with Crippen molar-refractivity contribution in [3.63, 3.8) is 0 Å². The second kappa shape index (κ2) is 7.62. The maximum atomic E-state index is 12.8. The number of carbonyl (C=O) groups excluding carboxylic acids is 1. The van der Waals surface area contributed by atoms with Gasteiger partial charge in [-0.25, -0.2) is 0 Å². The maximum absolute atomic E-state index is 12.8. The lowest BCUT2D eigenvalue weighted by atomic mass is 9.60. The van der Waals surface area contributed by atoms with Gasteiger partial charge >= 0.3 is 6.18 Å². The smallest absolute Gasteiger partial charge is 0.416 e. The van der Waals surface area contributed by atoms with Gasteiger partial charge in [0.05, 0.1) is 11.3 Å². The van der Waals surface area contributed by atoms with E-state index in [1.54, 1.807) is 12.3 Å². The molecular formula is C24H23F3N2O2. The van der Waals surface area contributed by atoms with Crippen LogP contribution in [-0.4, -0.2) is 10.9 Å². The van der Waals surface area contributed by atoms with E-state index in [-0.39, 0.29) is 18.4 Å². The summed E-state index contributed by atoms with van der Waals surface area (Å²) in [5, 5.41) is 3.93. The minimum atomic E-state index is -4.35. The topological polar surface area (TPSA) is 54.1 Å². The number of alkyl halides is 3. The first-order valence-corrected chi connectivity index (χ1v) is 10.6. The van der Waals surface area contributed by atoms with E-state index < -0.39 is 11.7 Å². The first-order valence-electron chi connectivity index (χ1n) is 10.6. The third-order valence-electron chi connectivity index (χ3n) is 6.66. The van der Waals surface area contributed by atoms with Crippen molar-refractivity contribution in [2.75, 3.05) is 5.32 Å². The van der Waals surface area contributed by atoms with Crippen molar-refractivity contribution < 1.29 is 22.7 Å². The van der Waals surface area contributed by atoms with Crippen molar-refractivity contribution in [1.29, 1.82) is 0 Å². The van der Waals surface area contributed by atoms with Crippen LogP contribution in [0.1, 0.15) is 36.8 Å². The highest BCUT2D eigenvalue weighted by Gasteiger charge is 2.43. The lowest BCUT2D eigenvalue weighted by molar-refractivity contribution is -0.137. The zero-order valence-corrected chi connectivity index (χ0v) is 16.8. The zero-order valence-electron chi connectivity index (χ0n) is 16.8. The van der Waals surface area contributed by atoms with Crippen LogP contribution in [-0.2, 0) is 17.6 Å². The molecule has 4 nitrogen and oxygen atoms in total. The van der Waals surface area contributed by atoms with E-state index in [4.69, 9.17) is 4.74 Å². The number of hydrogen-bond acceptors (Lipinski definition) is 2. The van der Waals surface area contributed by atoms with Crippen LogP contribution in [0.5, 0.6) is 5.75 Å². The molecule has 1 atom stereocenters. The molecule has 0 aliphatic heterocycles. The summed E-state index contributed by atoms with van der Waals surface area (Å²) < 4.78 is 43.9. The van der Waals surface area contributed by atoms with Crippen molar-refractivity contribution >= 4 is 22.5 Å². The normalized spacial score (nSPS) is 22.7. The van der Waals surface area contributed by atoms with Gasteiger partial charge in [0.15, 0.2) is 0 Å². The summed E-state index contributed by atoms with van der Waals surface area (Å²) in [7, 11) is 0. The van der Waals surface area contributed by atoms with Crippen LogP contribution in [0.4, 0.5) is 18.9 Å². The summed E-state index contributed by atoms with van der Waals surface area (Å²) in [6.07, 6.45) is 1.89. The molecule has 31 heavy (non-hydrogen) atoms. The summed E-state index contributed by atoms with van der Waals surface area (Å²) in [6, 6.07) is 10.4. The third-order valence-corrected chi connectivity index (χ3v) is 6.66.